The molecule has 1 amide bonds. The van der Waals surface area contributed by atoms with Crippen molar-refractivity contribution in [3.63, 3.8) is 0 Å². The number of nitrogens with zero attached hydrogens (tertiary/aromatic N) is 3. The Morgan fingerprint density at radius 1 is 1.14 bits per heavy atom. The van der Waals surface area contributed by atoms with Gasteiger partial charge in [-0.2, -0.15) is 0 Å². The molecule has 0 radical (unpaired) electrons. The van der Waals surface area contributed by atoms with Gasteiger partial charge in [-0.25, -0.2) is 4.39 Å². The van der Waals surface area contributed by atoms with Crippen LogP contribution in [0.2, 0.25) is 5.02 Å². The van der Waals surface area contributed by atoms with Crippen LogP contribution >= 0.6 is 11.6 Å². The fraction of sp³-hybridized carbons (Fsp3) is 0.346. The normalized spacial score (nSPS) is 16.9. The maximum absolute atomic E-state index is 14.1. The number of carbonyl (C=O) groups excluding carboxylic acids is 1. The molecular formula is C26H32ClFN6O. The van der Waals surface area contributed by atoms with Crippen LogP contribution in [0.25, 0.3) is 0 Å². The monoisotopic (exact) mass is 498 g/mol. The lowest BCUT2D eigenvalue weighted by Gasteiger charge is -2.37. The molecule has 4 N–H and O–H groups in total. The highest BCUT2D eigenvalue weighted by atomic mass is 35.5. The molecule has 9 heteroatoms. The first-order valence-electron chi connectivity index (χ1n) is 11.8. The molecule has 186 valence electrons. The van der Waals surface area contributed by atoms with Crippen LogP contribution in [0.1, 0.15) is 11.1 Å². The molecule has 0 aliphatic carbocycles. The first kappa shape index (κ1) is 24.7. The Morgan fingerprint density at radius 3 is 2.54 bits per heavy atom. The summed E-state index contributed by atoms with van der Waals surface area (Å²) in [4.78, 5) is 19.5. The van der Waals surface area contributed by atoms with Gasteiger partial charge in [0.2, 0.25) is 0 Å². The van der Waals surface area contributed by atoms with Crippen LogP contribution in [-0.4, -0.2) is 62.0 Å². The fourth-order valence-electron chi connectivity index (χ4n) is 4.47. The van der Waals surface area contributed by atoms with E-state index in [9.17, 15) is 9.18 Å². The van der Waals surface area contributed by atoms with Crippen LogP contribution in [0.3, 0.4) is 0 Å². The van der Waals surface area contributed by atoms with Gasteiger partial charge >= 0.3 is 0 Å². The predicted molar refractivity (Wildman–Crippen MR) is 138 cm³/mol. The molecule has 0 saturated carbocycles. The molecule has 2 aliphatic heterocycles. The van der Waals surface area contributed by atoms with E-state index in [1.165, 1.54) is 6.07 Å². The van der Waals surface area contributed by atoms with Crippen molar-refractivity contribution in [3.05, 3.63) is 87.7 Å². The van der Waals surface area contributed by atoms with Crippen LogP contribution in [0.15, 0.2) is 65.8 Å². The number of carbonyl (C=O) groups is 1. The van der Waals surface area contributed by atoms with Gasteiger partial charge < -0.3 is 31.1 Å². The average molecular weight is 499 g/mol. The maximum Gasteiger partial charge on any atom is 0.270 e. The van der Waals surface area contributed by atoms with Crippen molar-refractivity contribution in [1.29, 1.82) is 0 Å². The summed E-state index contributed by atoms with van der Waals surface area (Å²) in [6, 6.07) is 13.3. The summed E-state index contributed by atoms with van der Waals surface area (Å²) in [5.41, 5.74) is 10.2. The van der Waals surface area contributed by atoms with E-state index in [1.54, 1.807) is 19.2 Å². The molecule has 0 aromatic heterocycles. The summed E-state index contributed by atoms with van der Waals surface area (Å²) in [6.07, 6.45) is 1.77. The number of nitrogens with two attached hydrogens (primary N) is 1. The van der Waals surface area contributed by atoms with Gasteiger partial charge in [-0.1, -0.05) is 35.9 Å². The highest BCUT2D eigenvalue weighted by Gasteiger charge is 2.26. The molecule has 0 unspecified atom stereocenters. The second-order valence-electron chi connectivity index (χ2n) is 8.73. The van der Waals surface area contributed by atoms with E-state index >= 15 is 0 Å². The number of anilines is 1. The molecule has 35 heavy (non-hydrogen) atoms. The molecule has 2 aromatic carbocycles. The number of halogens is 2. The lowest BCUT2D eigenvalue weighted by Crippen LogP contribution is -2.50. The number of hydrogen-bond acceptors (Lipinski definition) is 6. The van der Waals surface area contributed by atoms with E-state index < -0.39 is 5.82 Å². The highest BCUT2D eigenvalue weighted by molar-refractivity contribution is 6.31. The largest absolute Gasteiger partial charge is 0.384 e. The van der Waals surface area contributed by atoms with E-state index in [-0.39, 0.29) is 10.9 Å². The Hall–Kier alpha value is -3.39. The van der Waals surface area contributed by atoms with E-state index in [1.807, 2.05) is 34.9 Å². The van der Waals surface area contributed by atoms with Gasteiger partial charge in [-0.3, -0.25) is 4.79 Å². The fourth-order valence-corrected chi connectivity index (χ4v) is 4.74. The Labute approximate surface area is 211 Å². The van der Waals surface area contributed by atoms with E-state index in [4.69, 9.17) is 17.3 Å². The number of allylic oxidation sites excluding steroid dienone is 1. The molecule has 7 nitrogen and oxygen atoms in total. The van der Waals surface area contributed by atoms with Crippen molar-refractivity contribution in [2.45, 2.75) is 13.5 Å². The lowest BCUT2D eigenvalue weighted by atomic mass is 10.1. The number of nitrogens with one attached hydrogen (secondary N) is 2. The summed E-state index contributed by atoms with van der Waals surface area (Å²) >= 11 is 6.29. The van der Waals surface area contributed by atoms with Gasteiger partial charge in [0.05, 0.1) is 10.7 Å². The summed E-state index contributed by atoms with van der Waals surface area (Å²) in [5, 5.41) is 6.33. The second-order valence-corrected chi connectivity index (χ2v) is 9.10. The summed E-state index contributed by atoms with van der Waals surface area (Å²) in [6.45, 7) is 6.35. The van der Waals surface area contributed by atoms with Crippen molar-refractivity contribution >= 4 is 23.2 Å². The van der Waals surface area contributed by atoms with Crippen molar-refractivity contribution in [1.82, 2.24) is 20.4 Å². The lowest BCUT2D eigenvalue weighted by molar-refractivity contribution is -0.127. The number of likely N-dealkylation sites (N-methyl/N-ethyl adjacent to an activating group) is 1. The van der Waals surface area contributed by atoms with Gasteiger partial charge in [-0.15, -0.1) is 0 Å². The van der Waals surface area contributed by atoms with E-state index in [0.717, 1.165) is 24.3 Å². The Balaban J connectivity index is 1.51. The van der Waals surface area contributed by atoms with Gasteiger partial charge in [0.25, 0.3) is 5.91 Å². The Morgan fingerprint density at radius 2 is 1.86 bits per heavy atom. The van der Waals surface area contributed by atoms with Crippen molar-refractivity contribution in [2.24, 2.45) is 5.73 Å². The molecular weight excluding hydrogens is 467 g/mol. The number of para-hydroxylation sites is 1. The average Bonchev–Trinajstić information content (AvgIpc) is 2.89. The third kappa shape index (κ3) is 5.48. The smallest absolute Gasteiger partial charge is 0.270 e. The minimum atomic E-state index is -0.447. The molecule has 4 rings (SSSR count). The van der Waals surface area contributed by atoms with Gasteiger partial charge in [0.1, 0.15) is 17.3 Å². The molecule has 2 heterocycles. The number of hydrogen-bond donors (Lipinski definition) is 3. The molecule has 2 aliphatic rings. The topological polar surface area (TPSA) is 76.9 Å². The first-order valence-corrected chi connectivity index (χ1v) is 12.2. The van der Waals surface area contributed by atoms with Crippen molar-refractivity contribution in [2.75, 3.05) is 51.2 Å². The van der Waals surface area contributed by atoms with Gasteiger partial charge in [-0.05, 0) is 42.3 Å². The van der Waals surface area contributed by atoms with Crippen molar-refractivity contribution < 1.29 is 9.18 Å². The molecule has 0 bridgehead atoms. The Kier molecular flexibility index (Phi) is 7.70. The predicted octanol–water partition coefficient (Wildman–Crippen LogP) is 2.77. The summed E-state index contributed by atoms with van der Waals surface area (Å²) in [7, 11) is 1.73. The molecule has 1 fully saturated rings. The number of piperazine rings is 1. The summed E-state index contributed by atoms with van der Waals surface area (Å²) < 4.78 is 14.1. The van der Waals surface area contributed by atoms with Crippen LogP contribution in [0, 0.1) is 12.7 Å². The zero-order chi connectivity index (χ0) is 24.9. The van der Waals surface area contributed by atoms with Crippen LogP contribution in [-0.2, 0) is 11.3 Å². The van der Waals surface area contributed by atoms with Crippen molar-refractivity contribution in [3.8, 4) is 0 Å². The van der Waals surface area contributed by atoms with Gasteiger partial charge in [0.15, 0.2) is 0 Å². The van der Waals surface area contributed by atoms with Crippen LogP contribution < -0.4 is 21.3 Å². The number of benzene rings is 2. The zero-order valence-corrected chi connectivity index (χ0v) is 20.9. The quantitative estimate of drug-likeness (QED) is 0.532. The first-order chi connectivity index (χ1) is 16.9. The zero-order valence-electron chi connectivity index (χ0n) is 20.2. The minimum Gasteiger partial charge on any atom is -0.384 e. The number of rotatable bonds is 6. The van der Waals surface area contributed by atoms with Crippen LogP contribution in [0.5, 0.6) is 0 Å². The van der Waals surface area contributed by atoms with E-state index in [2.05, 4.69) is 27.7 Å². The number of aryl methyl sites for hydroxylation is 1. The third-order valence-corrected chi connectivity index (χ3v) is 6.97. The third-order valence-electron chi connectivity index (χ3n) is 6.56. The highest BCUT2D eigenvalue weighted by Crippen LogP contribution is 2.27. The van der Waals surface area contributed by atoms with E-state index in [0.29, 0.717) is 55.5 Å². The summed E-state index contributed by atoms with van der Waals surface area (Å²) in [5.74, 6) is -0.0564. The SMILES string of the molecule is CN/C(=C\C1=C(N)NCCN1Cc1c(C)ccc(F)c1Cl)C(=O)N1CCN(c2ccccc2)CC1. The minimum absolute atomic E-state index is 0.0778. The van der Waals surface area contributed by atoms with Crippen LogP contribution in [0.4, 0.5) is 10.1 Å². The number of amides is 1. The second kappa shape index (κ2) is 10.9. The molecule has 0 spiro atoms. The Bertz CT molecular complexity index is 1130. The molecule has 0 atom stereocenters. The van der Waals surface area contributed by atoms with Gasteiger partial charge in [0, 0.05) is 58.5 Å². The molecule has 1 saturated heterocycles. The molecule has 2 aromatic rings. The standard InChI is InChI=1S/C26H32ClFN6O/c1-18-8-9-21(28)24(27)20(18)17-34-11-10-31-25(29)23(34)16-22(30-2)26(35)33-14-12-32(13-15-33)19-6-4-3-5-7-19/h3-9,16,30-31H,10-15,17,29H2,1-2H3/b22-16-. The maximum atomic E-state index is 14.1.